The molecule has 0 bridgehead atoms. The number of ether oxygens (including phenoxy) is 2. The highest BCUT2D eigenvalue weighted by atomic mass is 16.6. The average Bonchev–Trinajstić information content (AvgIpc) is 3.24. The zero-order valence-electron chi connectivity index (χ0n) is 21.9. The first-order chi connectivity index (χ1) is 17.4. The zero-order valence-corrected chi connectivity index (χ0v) is 21.9. The lowest BCUT2D eigenvalue weighted by Gasteiger charge is -2.36. The second-order valence-electron chi connectivity index (χ2n) is 10.1. The highest BCUT2D eigenvalue weighted by molar-refractivity contribution is 5.95. The fourth-order valence-corrected chi connectivity index (χ4v) is 4.55. The van der Waals surface area contributed by atoms with Gasteiger partial charge in [-0.1, -0.05) is 18.2 Å². The topological polar surface area (TPSA) is 129 Å². The van der Waals surface area contributed by atoms with Gasteiger partial charge in [-0.25, -0.2) is 14.4 Å². The average molecular weight is 515 g/mol. The summed E-state index contributed by atoms with van der Waals surface area (Å²) in [4.78, 5) is 66.3. The predicted octanol–water partition coefficient (Wildman–Crippen LogP) is 1.54. The lowest BCUT2D eigenvalue weighted by atomic mass is 9.95. The molecule has 0 spiro atoms. The molecule has 1 saturated heterocycles. The van der Waals surface area contributed by atoms with E-state index in [1.54, 1.807) is 39.0 Å². The van der Waals surface area contributed by atoms with Crippen molar-refractivity contribution in [2.45, 2.75) is 58.2 Å². The van der Waals surface area contributed by atoms with Gasteiger partial charge in [0.1, 0.15) is 11.1 Å². The van der Waals surface area contributed by atoms with Crippen molar-refractivity contribution in [3.8, 4) is 0 Å². The Labute approximate surface area is 215 Å². The number of hydrogen-bond donors (Lipinski definition) is 1. The van der Waals surface area contributed by atoms with Gasteiger partial charge in [-0.2, -0.15) is 4.57 Å². The number of nitrogens with zero attached hydrogens (tertiary/aromatic N) is 3. The van der Waals surface area contributed by atoms with Crippen LogP contribution in [0, 0.1) is 6.92 Å². The number of aryl methyl sites for hydroxylation is 1. The van der Waals surface area contributed by atoms with E-state index < -0.39 is 40.4 Å². The lowest BCUT2D eigenvalue weighted by Crippen LogP contribution is -2.58. The van der Waals surface area contributed by atoms with E-state index in [0.29, 0.717) is 30.5 Å². The Morgan fingerprint density at radius 3 is 2.41 bits per heavy atom. The van der Waals surface area contributed by atoms with Crippen LogP contribution in [0.3, 0.4) is 0 Å². The maximum Gasteiger partial charge on any atom is 0.407 e. The molecule has 1 N–H and O–H groups in total. The van der Waals surface area contributed by atoms with Crippen LogP contribution in [0.5, 0.6) is 0 Å². The fourth-order valence-electron chi connectivity index (χ4n) is 4.55. The standard InChI is InChI=1S/C26H34N4O7/c1-18-16-28(24(35)30(20(18)31)21(32)19-10-7-6-8-11-19)17-26(22(33)36-5)12-9-14-29(26)15-13-27-23(34)37-25(2,3)4/h6-8,10-11,16H,9,12-15,17H2,1-5H3,(H,27,34)/t26-/m1/s1. The molecule has 37 heavy (non-hydrogen) atoms. The number of rotatable bonds is 7. The first-order valence-electron chi connectivity index (χ1n) is 12.1. The van der Waals surface area contributed by atoms with Crippen molar-refractivity contribution < 1.29 is 23.9 Å². The molecule has 1 aliphatic rings. The molecule has 11 nitrogen and oxygen atoms in total. The molecule has 1 aromatic heterocycles. The number of amides is 1. The summed E-state index contributed by atoms with van der Waals surface area (Å²) in [7, 11) is 1.27. The Kier molecular flexibility index (Phi) is 8.37. The van der Waals surface area contributed by atoms with Crippen LogP contribution in [-0.4, -0.2) is 69.9 Å². The zero-order chi connectivity index (χ0) is 27.4. The summed E-state index contributed by atoms with van der Waals surface area (Å²) in [5.41, 5.74) is -3.05. The summed E-state index contributed by atoms with van der Waals surface area (Å²) in [6.07, 6.45) is 1.83. The SMILES string of the molecule is COC(=O)[C@]1(Cn2cc(C)c(=O)n(C(=O)c3ccccc3)c2=O)CCCN1CCNC(=O)OC(C)(C)C. The van der Waals surface area contributed by atoms with E-state index in [-0.39, 0.29) is 24.2 Å². The molecule has 2 aromatic rings. The third-order valence-electron chi connectivity index (χ3n) is 6.22. The molecular weight excluding hydrogens is 480 g/mol. The summed E-state index contributed by atoms with van der Waals surface area (Å²) in [5, 5.41) is 2.68. The van der Waals surface area contributed by atoms with Crippen molar-refractivity contribution in [3.05, 3.63) is 68.5 Å². The van der Waals surface area contributed by atoms with Crippen molar-refractivity contribution in [1.29, 1.82) is 0 Å². The van der Waals surface area contributed by atoms with Crippen LogP contribution in [0.1, 0.15) is 49.5 Å². The van der Waals surface area contributed by atoms with Gasteiger partial charge in [0.05, 0.1) is 13.7 Å². The smallest absolute Gasteiger partial charge is 0.407 e. The first-order valence-corrected chi connectivity index (χ1v) is 12.1. The van der Waals surface area contributed by atoms with Gasteiger partial charge in [0.2, 0.25) is 0 Å². The monoisotopic (exact) mass is 514 g/mol. The largest absolute Gasteiger partial charge is 0.468 e. The summed E-state index contributed by atoms with van der Waals surface area (Å²) in [6.45, 7) is 7.69. The summed E-state index contributed by atoms with van der Waals surface area (Å²) in [6, 6.07) is 8.04. The minimum absolute atomic E-state index is 0.131. The van der Waals surface area contributed by atoms with Crippen LogP contribution in [-0.2, 0) is 20.8 Å². The maximum atomic E-state index is 13.4. The molecule has 0 unspecified atom stereocenters. The van der Waals surface area contributed by atoms with Crippen LogP contribution in [0.15, 0.2) is 46.1 Å². The lowest BCUT2D eigenvalue weighted by molar-refractivity contribution is -0.154. The molecule has 1 fully saturated rings. The van der Waals surface area contributed by atoms with Gasteiger partial charge in [-0.3, -0.25) is 19.1 Å². The number of benzene rings is 1. The van der Waals surface area contributed by atoms with E-state index in [1.807, 2.05) is 4.90 Å². The molecule has 0 radical (unpaired) electrons. The Morgan fingerprint density at radius 1 is 1.11 bits per heavy atom. The van der Waals surface area contributed by atoms with Crippen molar-refractivity contribution in [2.24, 2.45) is 0 Å². The number of alkyl carbamates (subject to hydrolysis) is 1. The molecule has 2 heterocycles. The molecule has 1 amide bonds. The molecule has 0 aliphatic carbocycles. The minimum atomic E-state index is -1.22. The van der Waals surface area contributed by atoms with E-state index in [9.17, 15) is 24.0 Å². The number of hydrogen-bond acceptors (Lipinski definition) is 8. The molecule has 1 aliphatic heterocycles. The van der Waals surface area contributed by atoms with Gasteiger partial charge in [-0.15, -0.1) is 0 Å². The molecule has 11 heteroatoms. The maximum absolute atomic E-state index is 13.4. The number of likely N-dealkylation sites (tertiary alicyclic amines) is 1. The van der Waals surface area contributed by atoms with Crippen LogP contribution in [0.4, 0.5) is 4.79 Å². The highest BCUT2D eigenvalue weighted by Gasteiger charge is 2.49. The van der Waals surface area contributed by atoms with Crippen LogP contribution in [0.2, 0.25) is 0 Å². The van der Waals surface area contributed by atoms with Gasteiger partial charge in [0.25, 0.3) is 11.5 Å². The van der Waals surface area contributed by atoms with Gasteiger partial charge in [0, 0.05) is 30.4 Å². The quantitative estimate of drug-likeness (QED) is 0.551. The van der Waals surface area contributed by atoms with Crippen LogP contribution in [0.25, 0.3) is 0 Å². The van der Waals surface area contributed by atoms with E-state index >= 15 is 0 Å². The van der Waals surface area contributed by atoms with Crippen molar-refractivity contribution in [3.63, 3.8) is 0 Å². The van der Waals surface area contributed by atoms with E-state index in [0.717, 1.165) is 0 Å². The Bertz CT molecular complexity index is 1280. The Balaban J connectivity index is 1.92. The number of carbonyl (C=O) groups is 3. The van der Waals surface area contributed by atoms with E-state index in [1.165, 1.54) is 36.9 Å². The van der Waals surface area contributed by atoms with Crippen molar-refractivity contribution in [1.82, 2.24) is 19.4 Å². The summed E-state index contributed by atoms with van der Waals surface area (Å²) in [5.74, 6) is -1.29. The van der Waals surface area contributed by atoms with Gasteiger partial charge < -0.3 is 14.8 Å². The Morgan fingerprint density at radius 2 is 1.78 bits per heavy atom. The van der Waals surface area contributed by atoms with Crippen LogP contribution < -0.4 is 16.6 Å². The molecule has 0 saturated carbocycles. The fraction of sp³-hybridized carbons (Fsp3) is 0.500. The van der Waals surface area contributed by atoms with Gasteiger partial charge in [-0.05, 0) is 59.2 Å². The van der Waals surface area contributed by atoms with E-state index in [4.69, 9.17) is 9.47 Å². The van der Waals surface area contributed by atoms with Gasteiger partial charge in [0.15, 0.2) is 0 Å². The summed E-state index contributed by atoms with van der Waals surface area (Å²) >= 11 is 0. The molecular formula is C26H34N4O7. The molecule has 200 valence electrons. The van der Waals surface area contributed by atoms with E-state index in [2.05, 4.69) is 5.32 Å². The second-order valence-corrected chi connectivity index (χ2v) is 10.1. The van der Waals surface area contributed by atoms with Crippen LogP contribution >= 0.6 is 0 Å². The number of methoxy groups -OCH3 is 1. The molecule has 3 rings (SSSR count). The molecule has 1 atom stereocenters. The third kappa shape index (κ3) is 6.16. The Hall–Kier alpha value is -3.73. The number of nitrogens with one attached hydrogen (secondary N) is 1. The highest BCUT2D eigenvalue weighted by Crippen LogP contribution is 2.32. The number of aromatic nitrogens is 2. The number of carbonyl (C=O) groups excluding carboxylic acids is 3. The second kappa shape index (κ2) is 11.1. The van der Waals surface area contributed by atoms with Gasteiger partial charge >= 0.3 is 17.8 Å². The van der Waals surface area contributed by atoms with Crippen molar-refractivity contribution >= 4 is 18.0 Å². The molecule has 1 aromatic carbocycles. The summed E-state index contributed by atoms with van der Waals surface area (Å²) < 4.78 is 12.2. The first kappa shape index (κ1) is 27.9. The minimum Gasteiger partial charge on any atom is -0.468 e. The third-order valence-corrected chi connectivity index (χ3v) is 6.22. The van der Waals surface area contributed by atoms with Crippen molar-refractivity contribution in [2.75, 3.05) is 26.7 Å². The predicted molar refractivity (Wildman–Crippen MR) is 136 cm³/mol. The number of esters is 1. The normalized spacial score (nSPS) is 17.9.